The lowest BCUT2D eigenvalue weighted by Gasteiger charge is -2.16. The van der Waals surface area contributed by atoms with Gasteiger partial charge in [-0.25, -0.2) is 26.4 Å². The van der Waals surface area contributed by atoms with Gasteiger partial charge in [0.25, 0.3) is 10.0 Å². The van der Waals surface area contributed by atoms with Crippen LogP contribution in [0.3, 0.4) is 0 Å². The fourth-order valence-corrected chi connectivity index (χ4v) is 6.79. The number of rotatable bonds is 3. The minimum absolute atomic E-state index is 0.144. The predicted octanol–water partition coefficient (Wildman–Crippen LogP) is 3.88. The number of fused-ring (bicyclic) bond motifs is 6. The summed E-state index contributed by atoms with van der Waals surface area (Å²) >= 11 is 0. The summed E-state index contributed by atoms with van der Waals surface area (Å²) in [4.78, 5) is 8.40. The van der Waals surface area contributed by atoms with Crippen LogP contribution in [0, 0.1) is 11.6 Å². The first-order valence-corrected chi connectivity index (χ1v) is 14.3. The van der Waals surface area contributed by atoms with E-state index in [0.717, 1.165) is 12.5 Å². The number of nitrogens with one attached hydrogen (secondary N) is 1. The highest BCUT2D eigenvalue weighted by molar-refractivity contribution is 8.02. The zero-order valence-electron chi connectivity index (χ0n) is 18.8. The van der Waals surface area contributed by atoms with Crippen LogP contribution in [0.4, 0.5) is 20.4 Å². The molecule has 4 rings (SSSR count). The Hall–Kier alpha value is -3.32. The second-order valence-corrected chi connectivity index (χ2v) is 12.2. The van der Waals surface area contributed by atoms with Crippen LogP contribution in [0.5, 0.6) is 11.6 Å². The molecule has 2 aromatic heterocycles. The Labute approximate surface area is 201 Å². The maximum absolute atomic E-state index is 14.7. The van der Waals surface area contributed by atoms with Crippen LogP contribution in [0.15, 0.2) is 46.4 Å². The topological polar surface area (TPSA) is 120 Å². The highest BCUT2D eigenvalue weighted by Gasteiger charge is 2.16. The number of benzene rings is 1. The summed E-state index contributed by atoms with van der Waals surface area (Å²) in [5.41, 5.74) is 0.956. The molecule has 0 spiro atoms. The van der Waals surface area contributed by atoms with Crippen LogP contribution in [0.1, 0.15) is 12.0 Å². The van der Waals surface area contributed by atoms with Crippen LogP contribution >= 0.6 is 0 Å². The SMILES string of the molecule is CS(=O)(=O)N=S(C)(=O)Cc1cc2nc(c1)OCCCOc1cc(F)ccc1-c1cc(ncc1F)N2. The number of nitrogens with zero attached hydrogens (tertiary/aromatic N) is 3. The van der Waals surface area contributed by atoms with Crippen molar-refractivity contribution in [3.8, 4) is 22.8 Å². The van der Waals surface area contributed by atoms with Gasteiger partial charge >= 0.3 is 0 Å². The highest BCUT2D eigenvalue weighted by atomic mass is 32.3. The van der Waals surface area contributed by atoms with Gasteiger partial charge in [-0.2, -0.15) is 4.98 Å². The van der Waals surface area contributed by atoms with Gasteiger partial charge in [0.2, 0.25) is 5.88 Å². The van der Waals surface area contributed by atoms with E-state index in [0.29, 0.717) is 17.5 Å². The third kappa shape index (κ3) is 6.63. The van der Waals surface area contributed by atoms with E-state index in [1.165, 1.54) is 36.6 Å². The van der Waals surface area contributed by atoms with Crippen molar-refractivity contribution >= 4 is 31.4 Å². The molecular weight excluding hydrogens is 502 g/mol. The zero-order valence-corrected chi connectivity index (χ0v) is 20.5. The van der Waals surface area contributed by atoms with Crippen molar-refractivity contribution in [3.63, 3.8) is 0 Å². The van der Waals surface area contributed by atoms with Crippen molar-refractivity contribution in [2.24, 2.45) is 3.77 Å². The Balaban J connectivity index is 1.77. The Kier molecular flexibility index (Phi) is 6.90. The van der Waals surface area contributed by atoms with E-state index in [4.69, 9.17) is 9.47 Å². The van der Waals surface area contributed by atoms with E-state index >= 15 is 0 Å². The molecule has 1 aliphatic heterocycles. The number of hydrogen-bond donors (Lipinski definition) is 1. The third-order valence-corrected chi connectivity index (χ3v) is 7.94. The van der Waals surface area contributed by atoms with Gasteiger partial charge in [-0.3, -0.25) is 0 Å². The van der Waals surface area contributed by atoms with Gasteiger partial charge in [-0.05, 0) is 29.8 Å². The summed E-state index contributed by atoms with van der Waals surface area (Å²) in [6, 6.07) is 8.34. The number of pyridine rings is 2. The van der Waals surface area contributed by atoms with E-state index in [1.807, 2.05) is 0 Å². The highest BCUT2D eigenvalue weighted by Crippen LogP contribution is 2.34. The van der Waals surface area contributed by atoms with Crippen molar-refractivity contribution in [2.45, 2.75) is 12.2 Å². The molecule has 0 saturated carbocycles. The molecule has 1 aromatic carbocycles. The van der Waals surface area contributed by atoms with E-state index in [1.54, 1.807) is 6.07 Å². The minimum Gasteiger partial charge on any atom is -0.493 e. The minimum atomic E-state index is -3.82. The number of sulfonamides is 1. The average Bonchev–Trinajstić information content (AvgIpc) is 2.72. The van der Waals surface area contributed by atoms with E-state index in [-0.39, 0.29) is 47.8 Å². The number of anilines is 2. The second-order valence-electron chi connectivity index (χ2n) is 7.98. The lowest BCUT2D eigenvalue weighted by Crippen LogP contribution is -2.10. The molecule has 0 radical (unpaired) electrons. The largest absolute Gasteiger partial charge is 0.493 e. The maximum Gasteiger partial charge on any atom is 0.257 e. The summed E-state index contributed by atoms with van der Waals surface area (Å²) in [6.45, 7) is 0.352. The molecule has 0 fully saturated rings. The summed E-state index contributed by atoms with van der Waals surface area (Å²) in [5, 5.41) is 2.96. The lowest BCUT2D eigenvalue weighted by molar-refractivity contribution is 0.242. The molecule has 1 N–H and O–H groups in total. The van der Waals surface area contributed by atoms with Crippen molar-refractivity contribution in [3.05, 3.63) is 59.8 Å². The standard InChI is InChI=1S/C22H22F2N4O5S2/c1-34(29,28-35(2,30)31)13-14-8-21-26-20-11-17(18(24)12-25-20)16-5-4-15(23)10-19(16)32-6-3-7-33-22(9-14)27-21/h4-5,8-12H,3,6-7,13H2,1-2H3,(H,25,26,27). The summed E-state index contributed by atoms with van der Waals surface area (Å²) in [7, 11) is -6.92. The molecule has 0 saturated heterocycles. The van der Waals surface area contributed by atoms with Crippen LogP contribution < -0.4 is 14.8 Å². The molecule has 4 bridgehead atoms. The summed E-state index contributed by atoms with van der Waals surface area (Å²) in [5.74, 6) is -0.465. The summed E-state index contributed by atoms with van der Waals surface area (Å²) < 4.78 is 79.2. The third-order valence-electron chi connectivity index (χ3n) is 4.73. The Bertz CT molecular complexity index is 1510. The molecule has 1 aliphatic rings. The molecule has 3 aromatic rings. The summed E-state index contributed by atoms with van der Waals surface area (Å²) in [6.07, 6.45) is 3.55. The molecular formula is C22H22F2N4O5S2. The molecule has 186 valence electrons. The first kappa shape index (κ1) is 24.8. The van der Waals surface area contributed by atoms with Crippen LogP contribution in [0.2, 0.25) is 0 Å². The zero-order chi connectivity index (χ0) is 25.2. The first-order chi connectivity index (χ1) is 16.5. The van der Waals surface area contributed by atoms with Gasteiger partial charge in [0.05, 0.1) is 41.1 Å². The van der Waals surface area contributed by atoms with Crippen molar-refractivity contribution < 1.29 is 30.9 Å². The lowest BCUT2D eigenvalue weighted by atomic mass is 10.0. The van der Waals surface area contributed by atoms with Gasteiger partial charge in [0, 0.05) is 35.9 Å². The smallest absolute Gasteiger partial charge is 0.257 e. The molecule has 35 heavy (non-hydrogen) atoms. The van der Waals surface area contributed by atoms with Gasteiger partial charge < -0.3 is 14.8 Å². The molecule has 1 atom stereocenters. The van der Waals surface area contributed by atoms with E-state index in [2.05, 4.69) is 19.1 Å². The number of aromatic nitrogens is 2. The Morgan fingerprint density at radius 3 is 2.54 bits per heavy atom. The number of halogens is 2. The van der Waals surface area contributed by atoms with Crippen LogP contribution in [0.25, 0.3) is 11.1 Å². The van der Waals surface area contributed by atoms with Crippen molar-refractivity contribution in [1.29, 1.82) is 0 Å². The quantitative estimate of drug-likeness (QED) is 0.548. The van der Waals surface area contributed by atoms with Gasteiger partial charge in [-0.15, -0.1) is 3.77 Å². The van der Waals surface area contributed by atoms with Crippen molar-refractivity contribution in [2.75, 3.05) is 31.0 Å². The van der Waals surface area contributed by atoms with Crippen LogP contribution in [-0.4, -0.2) is 48.3 Å². The normalized spacial score (nSPS) is 15.3. The molecule has 0 amide bonds. The second kappa shape index (κ2) is 9.74. The van der Waals surface area contributed by atoms with Gasteiger partial charge in [-0.1, -0.05) is 0 Å². The fraction of sp³-hybridized carbons (Fsp3) is 0.273. The number of ether oxygens (including phenoxy) is 2. The predicted molar refractivity (Wildman–Crippen MR) is 128 cm³/mol. The molecule has 3 heterocycles. The fourth-order valence-electron chi connectivity index (χ4n) is 3.50. The molecule has 0 aliphatic carbocycles. The Morgan fingerprint density at radius 1 is 1.00 bits per heavy atom. The maximum atomic E-state index is 14.7. The van der Waals surface area contributed by atoms with Gasteiger partial charge in [0.15, 0.2) is 0 Å². The van der Waals surface area contributed by atoms with Crippen molar-refractivity contribution in [1.82, 2.24) is 9.97 Å². The Morgan fingerprint density at radius 2 is 1.77 bits per heavy atom. The van der Waals surface area contributed by atoms with Crippen LogP contribution in [-0.2, 0) is 25.5 Å². The first-order valence-electron chi connectivity index (χ1n) is 10.4. The number of hydrogen-bond acceptors (Lipinski definition) is 8. The monoisotopic (exact) mass is 524 g/mol. The molecule has 9 nitrogen and oxygen atoms in total. The van der Waals surface area contributed by atoms with Gasteiger partial charge in [0.1, 0.15) is 29.0 Å². The molecule has 1 unspecified atom stereocenters. The van der Waals surface area contributed by atoms with E-state index in [9.17, 15) is 21.4 Å². The average molecular weight is 525 g/mol. The van der Waals surface area contributed by atoms with E-state index < -0.39 is 31.4 Å². The molecule has 13 heteroatoms.